The SMILES string of the molecule is CCc1csc(CNC(=O)c2cccc(OC)c2F)n1. The minimum absolute atomic E-state index is 0.0309. The van der Waals surface area contributed by atoms with E-state index in [9.17, 15) is 9.18 Å². The molecule has 1 amide bonds. The number of halogens is 1. The molecule has 0 bridgehead atoms. The summed E-state index contributed by atoms with van der Waals surface area (Å²) >= 11 is 1.48. The number of carbonyl (C=O) groups excluding carboxylic acids is 1. The van der Waals surface area contributed by atoms with Crippen LogP contribution >= 0.6 is 11.3 Å². The van der Waals surface area contributed by atoms with Crippen LogP contribution in [-0.4, -0.2) is 18.0 Å². The molecule has 0 unspecified atom stereocenters. The third-order valence-electron chi connectivity index (χ3n) is 2.79. The molecule has 1 aromatic heterocycles. The van der Waals surface area contributed by atoms with Gasteiger partial charge in [-0.1, -0.05) is 13.0 Å². The first-order valence-electron chi connectivity index (χ1n) is 6.19. The van der Waals surface area contributed by atoms with Crippen LogP contribution in [0.2, 0.25) is 0 Å². The summed E-state index contributed by atoms with van der Waals surface area (Å²) in [4.78, 5) is 16.3. The number of hydrogen-bond acceptors (Lipinski definition) is 4. The Labute approximate surface area is 120 Å². The molecule has 0 saturated carbocycles. The zero-order chi connectivity index (χ0) is 14.5. The lowest BCUT2D eigenvalue weighted by molar-refractivity contribution is 0.0946. The zero-order valence-electron chi connectivity index (χ0n) is 11.3. The Kier molecular flexibility index (Phi) is 4.68. The van der Waals surface area contributed by atoms with Crippen molar-refractivity contribution in [3.8, 4) is 5.75 Å². The molecule has 0 radical (unpaired) electrons. The minimum Gasteiger partial charge on any atom is -0.494 e. The van der Waals surface area contributed by atoms with E-state index in [4.69, 9.17) is 4.74 Å². The number of aromatic nitrogens is 1. The number of hydrogen-bond donors (Lipinski definition) is 1. The summed E-state index contributed by atoms with van der Waals surface area (Å²) in [5.74, 6) is -1.07. The fourth-order valence-electron chi connectivity index (χ4n) is 1.69. The van der Waals surface area contributed by atoms with E-state index in [0.29, 0.717) is 6.54 Å². The molecular formula is C14H15FN2O2S. The fraction of sp³-hybridized carbons (Fsp3) is 0.286. The van der Waals surface area contributed by atoms with Crippen molar-refractivity contribution in [2.45, 2.75) is 19.9 Å². The van der Waals surface area contributed by atoms with E-state index in [2.05, 4.69) is 10.3 Å². The van der Waals surface area contributed by atoms with Gasteiger partial charge in [0.1, 0.15) is 5.01 Å². The van der Waals surface area contributed by atoms with Crippen molar-refractivity contribution < 1.29 is 13.9 Å². The number of nitrogens with one attached hydrogen (secondary N) is 1. The van der Waals surface area contributed by atoms with Gasteiger partial charge in [-0.25, -0.2) is 9.37 Å². The lowest BCUT2D eigenvalue weighted by Gasteiger charge is -2.07. The average Bonchev–Trinajstić information content (AvgIpc) is 2.93. The first-order chi connectivity index (χ1) is 9.65. The Hall–Kier alpha value is -1.95. The number of ether oxygens (including phenoxy) is 1. The van der Waals surface area contributed by atoms with E-state index in [1.54, 1.807) is 6.07 Å². The van der Waals surface area contributed by atoms with Crippen LogP contribution < -0.4 is 10.1 Å². The molecule has 1 heterocycles. The number of thiazole rings is 1. The third-order valence-corrected chi connectivity index (χ3v) is 3.69. The number of amides is 1. The third kappa shape index (κ3) is 3.14. The van der Waals surface area contributed by atoms with E-state index in [1.165, 1.54) is 30.6 Å². The molecule has 4 nitrogen and oxygen atoms in total. The van der Waals surface area contributed by atoms with Crippen molar-refractivity contribution in [3.63, 3.8) is 0 Å². The minimum atomic E-state index is -0.652. The maximum Gasteiger partial charge on any atom is 0.254 e. The lowest BCUT2D eigenvalue weighted by Crippen LogP contribution is -2.24. The summed E-state index contributed by atoms with van der Waals surface area (Å²) in [5, 5.41) is 5.41. The molecule has 1 aromatic carbocycles. The topological polar surface area (TPSA) is 51.2 Å². The van der Waals surface area contributed by atoms with Crippen molar-refractivity contribution in [1.82, 2.24) is 10.3 Å². The lowest BCUT2D eigenvalue weighted by atomic mass is 10.2. The summed E-state index contributed by atoms with van der Waals surface area (Å²) in [6.07, 6.45) is 0.856. The maximum atomic E-state index is 13.9. The first-order valence-corrected chi connectivity index (χ1v) is 7.07. The Balaban J connectivity index is 2.05. The second-order valence-corrected chi connectivity index (χ2v) is 5.03. The van der Waals surface area contributed by atoms with Gasteiger partial charge in [-0.15, -0.1) is 11.3 Å². The molecule has 2 rings (SSSR count). The molecular weight excluding hydrogens is 279 g/mol. The zero-order valence-corrected chi connectivity index (χ0v) is 12.1. The van der Waals surface area contributed by atoms with Crippen LogP contribution in [0, 0.1) is 5.82 Å². The second kappa shape index (κ2) is 6.47. The van der Waals surface area contributed by atoms with E-state index < -0.39 is 11.7 Å². The highest BCUT2D eigenvalue weighted by molar-refractivity contribution is 7.09. The fourth-order valence-corrected chi connectivity index (χ4v) is 2.50. The van der Waals surface area contributed by atoms with Gasteiger partial charge in [0.2, 0.25) is 0 Å². The van der Waals surface area contributed by atoms with Crippen molar-refractivity contribution >= 4 is 17.2 Å². The Morgan fingerprint density at radius 3 is 2.95 bits per heavy atom. The number of aryl methyl sites for hydroxylation is 1. The molecule has 0 fully saturated rings. The number of carbonyl (C=O) groups is 1. The monoisotopic (exact) mass is 294 g/mol. The van der Waals surface area contributed by atoms with E-state index in [-0.39, 0.29) is 11.3 Å². The van der Waals surface area contributed by atoms with Crippen molar-refractivity contribution in [1.29, 1.82) is 0 Å². The number of rotatable bonds is 5. The molecule has 106 valence electrons. The van der Waals surface area contributed by atoms with Crippen LogP contribution in [0.3, 0.4) is 0 Å². The van der Waals surface area contributed by atoms with Crippen LogP contribution in [-0.2, 0) is 13.0 Å². The highest BCUT2D eigenvalue weighted by Crippen LogP contribution is 2.20. The molecule has 20 heavy (non-hydrogen) atoms. The maximum absolute atomic E-state index is 13.9. The molecule has 2 aromatic rings. The summed E-state index contributed by atoms with van der Waals surface area (Å²) in [5.41, 5.74) is 0.962. The molecule has 0 saturated heterocycles. The Bertz CT molecular complexity index is 613. The summed E-state index contributed by atoms with van der Waals surface area (Å²) < 4.78 is 18.8. The van der Waals surface area contributed by atoms with Gasteiger partial charge in [0, 0.05) is 5.38 Å². The predicted molar refractivity (Wildman–Crippen MR) is 75.6 cm³/mol. The highest BCUT2D eigenvalue weighted by Gasteiger charge is 2.15. The smallest absolute Gasteiger partial charge is 0.254 e. The van der Waals surface area contributed by atoms with Gasteiger partial charge >= 0.3 is 0 Å². The second-order valence-electron chi connectivity index (χ2n) is 4.09. The highest BCUT2D eigenvalue weighted by atomic mass is 32.1. The van der Waals surface area contributed by atoms with Gasteiger partial charge in [0.15, 0.2) is 11.6 Å². The first kappa shape index (κ1) is 14.5. The van der Waals surface area contributed by atoms with Crippen molar-refractivity contribution in [2.75, 3.05) is 7.11 Å². The molecule has 1 N–H and O–H groups in total. The van der Waals surface area contributed by atoms with Gasteiger partial charge in [-0.2, -0.15) is 0 Å². The quantitative estimate of drug-likeness (QED) is 0.922. The number of benzene rings is 1. The van der Waals surface area contributed by atoms with Crippen LogP contribution in [0.15, 0.2) is 23.6 Å². The van der Waals surface area contributed by atoms with Gasteiger partial charge in [0.25, 0.3) is 5.91 Å². The van der Waals surface area contributed by atoms with Crippen molar-refractivity contribution in [2.24, 2.45) is 0 Å². The molecule has 0 atom stereocenters. The summed E-state index contributed by atoms with van der Waals surface area (Å²) in [6, 6.07) is 4.47. The Morgan fingerprint density at radius 2 is 2.30 bits per heavy atom. The van der Waals surface area contributed by atoms with Crippen LogP contribution in [0.1, 0.15) is 28.0 Å². The van der Waals surface area contributed by atoms with Crippen LogP contribution in [0.5, 0.6) is 5.75 Å². The predicted octanol–water partition coefficient (Wildman–Crippen LogP) is 2.78. The van der Waals surface area contributed by atoms with Gasteiger partial charge in [-0.3, -0.25) is 4.79 Å². The summed E-state index contributed by atoms with van der Waals surface area (Å²) in [7, 11) is 1.36. The van der Waals surface area contributed by atoms with Gasteiger partial charge < -0.3 is 10.1 Å². The molecule has 0 aliphatic rings. The largest absolute Gasteiger partial charge is 0.494 e. The summed E-state index contributed by atoms with van der Waals surface area (Å²) in [6.45, 7) is 2.31. The standard InChI is InChI=1S/C14H15FN2O2S/c1-3-9-8-20-12(17-9)7-16-14(18)10-5-4-6-11(19-2)13(10)15/h4-6,8H,3,7H2,1-2H3,(H,16,18). The van der Waals surface area contributed by atoms with Gasteiger partial charge in [0.05, 0.1) is 24.9 Å². The Morgan fingerprint density at radius 1 is 1.50 bits per heavy atom. The molecule has 0 aliphatic carbocycles. The van der Waals surface area contributed by atoms with Crippen molar-refractivity contribution in [3.05, 3.63) is 45.7 Å². The van der Waals surface area contributed by atoms with E-state index in [0.717, 1.165) is 17.1 Å². The number of nitrogens with zero attached hydrogens (tertiary/aromatic N) is 1. The molecule has 0 aliphatic heterocycles. The van der Waals surface area contributed by atoms with E-state index in [1.807, 2.05) is 12.3 Å². The van der Waals surface area contributed by atoms with E-state index >= 15 is 0 Å². The molecule has 6 heteroatoms. The normalized spacial score (nSPS) is 10.3. The van der Waals surface area contributed by atoms with Crippen LogP contribution in [0.4, 0.5) is 4.39 Å². The number of methoxy groups -OCH3 is 1. The molecule has 0 spiro atoms. The van der Waals surface area contributed by atoms with Gasteiger partial charge in [-0.05, 0) is 18.6 Å². The van der Waals surface area contributed by atoms with Crippen LogP contribution in [0.25, 0.3) is 0 Å². The average molecular weight is 294 g/mol.